The fraction of sp³-hybridized carbons (Fsp3) is 0.182. The minimum atomic E-state index is -4.06. The van der Waals surface area contributed by atoms with Gasteiger partial charge in [-0.25, -0.2) is 8.42 Å². The summed E-state index contributed by atoms with van der Waals surface area (Å²) in [7, 11) is -1.15. The monoisotopic (exact) mass is 441 g/mol. The molecule has 2 aromatic carbocycles. The van der Waals surface area contributed by atoms with Gasteiger partial charge in [-0.15, -0.1) is 0 Å². The van der Waals surface area contributed by atoms with Crippen molar-refractivity contribution in [2.24, 2.45) is 0 Å². The van der Waals surface area contributed by atoms with E-state index in [1.807, 2.05) is 0 Å². The summed E-state index contributed by atoms with van der Waals surface area (Å²) in [5.41, 5.74) is 1.05. The van der Waals surface area contributed by atoms with E-state index in [0.717, 1.165) is 9.87 Å². The van der Waals surface area contributed by atoms with Gasteiger partial charge in [0.05, 0.1) is 24.8 Å². The number of nitrogens with zero attached hydrogens (tertiary/aromatic N) is 2. The molecular formula is C22H23N3O5S. The van der Waals surface area contributed by atoms with Gasteiger partial charge in [0.2, 0.25) is 5.91 Å². The highest BCUT2D eigenvalue weighted by atomic mass is 32.2. The van der Waals surface area contributed by atoms with Crippen LogP contribution in [0.25, 0.3) is 0 Å². The van der Waals surface area contributed by atoms with Gasteiger partial charge in [-0.3, -0.25) is 14.1 Å². The van der Waals surface area contributed by atoms with Gasteiger partial charge in [0.15, 0.2) is 0 Å². The maximum absolute atomic E-state index is 13.5. The number of benzene rings is 2. The smallest absolute Gasteiger partial charge is 0.264 e. The number of rotatable bonds is 9. The third-order valence-electron chi connectivity index (χ3n) is 4.51. The minimum absolute atomic E-state index is 0.0572. The molecule has 0 atom stereocenters. The number of nitrogens with one attached hydrogen (secondary N) is 1. The predicted molar refractivity (Wildman–Crippen MR) is 117 cm³/mol. The Morgan fingerprint density at radius 1 is 1.00 bits per heavy atom. The van der Waals surface area contributed by atoms with Gasteiger partial charge in [0, 0.05) is 25.0 Å². The van der Waals surface area contributed by atoms with Gasteiger partial charge < -0.3 is 14.8 Å². The molecule has 0 aliphatic carbocycles. The first-order valence-corrected chi connectivity index (χ1v) is 10.8. The Morgan fingerprint density at radius 2 is 1.71 bits per heavy atom. The van der Waals surface area contributed by atoms with Crippen LogP contribution in [0.5, 0.6) is 11.5 Å². The number of amides is 1. The van der Waals surface area contributed by atoms with Gasteiger partial charge in [-0.05, 0) is 42.0 Å². The first kappa shape index (κ1) is 22.1. The molecule has 8 nitrogen and oxygen atoms in total. The number of hydrogen-bond donors (Lipinski definition) is 1. The van der Waals surface area contributed by atoms with Crippen LogP contribution in [0, 0.1) is 0 Å². The van der Waals surface area contributed by atoms with Crippen LogP contribution in [-0.4, -0.2) is 40.1 Å². The second kappa shape index (κ2) is 9.94. The molecule has 0 saturated carbocycles. The Labute approximate surface area is 181 Å². The second-order valence-electron chi connectivity index (χ2n) is 6.49. The topological polar surface area (TPSA) is 97.8 Å². The Balaban J connectivity index is 1.96. The minimum Gasteiger partial charge on any atom is -0.497 e. The highest BCUT2D eigenvalue weighted by Crippen LogP contribution is 2.35. The Hall–Kier alpha value is -3.59. The summed E-state index contributed by atoms with van der Waals surface area (Å²) in [6.45, 7) is -0.193. The fourth-order valence-corrected chi connectivity index (χ4v) is 4.34. The zero-order valence-electron chi connectivity index (χ0n) is 17.2. The number of ether oxygens (including phenoxy) is 2. The molecule has 1 N–H and O–H groups in total. The lowest BCUT2D eigenvalue weighted by Crippen LogP contribution is -2.40. The average molecular weight is 442 g/mol. The van der Waals surface area contributed by atoms with Gasteiger partial charge in [-0.1, -0.05) is 18.2 Å². The molecule has 31 heavy (non-hydrogen) atoms. The lowest BCUT2D eigenvalue weighted by atomic mass is 10.2. The summed E-state index contributed by atoms with van der Waals surface area (Å²) >= 11 is 0. The number of carbonyl (C=O) groups excluding carboxylic acids is 1. The molecular weight excluding hydrogens is 418 g/mol. The van der Waals surface area contributed by atoms with Crippen molar-refractivity contribution in [1.82, 2.24) is 10.3 Å². The highest BCUT2D eigenvalue weighted by Gasteiger charge is 2.29. The number of carbonyl (C=O) groups is 1. The number of aromatic nitrogens is 1. The van der Waals surface area contributed by atoms with E-state index in [1.54, 1.807) is 54.9 Å². The Kier molecular flexibility index (Phi) is 7.09. The van der Waals surface area contributed by atoms with Crippen molar-refractivity contribution in [2.75, 3.05) is 25.1 Å². The lowest BCUT2D eigenvalue weighted by molar-refractivity contribution is -0.119. The fourth-order valence-electron chi connectivity index (χ4n) is 2.90. The summed E-state index contributed by atoms with van der Waals surface area (Å²) in [5, 5.41) is 2.74. The molecule has 0 bridgehead atoms. The van der Waals surface area contributed by atoms with Crippen molar-refractivity contribution in [2.45, 2.75) is 11.4 Å². The van der Waals surface area contributed by atoms with E-state index in [2.05, 4.69) is 10.3 Å². The SMILES string of the molecule is COc1ccc(OC)c(N(CC(=O)NCc2ccncc2)S(=O)(=O)c2ccccc2)c1. The van der Waals surface area contributed by atoms with Crippen molar-refractivity contribution in [3.05, 3.63) is 78.6 Å². The summed E-state index contributed by atoms with van der Waals surface area (Å²) in [5.74, 6) is 0.254. The summed E-state index contributed by atoms with van der Waals surface area (Å²) in [4.78, 5) is 16.7. The molecule has 1 aromatic heterocycles. The van der Waals surface area contributed by atoms with Crippen molar-refractivity contribution in [3.63, 3.8) is 0 Å². The van der Waals surface area contributed by atoms with E-state index >= 15 is 0 Å². The molecule has 1 heterocycles. The first-order valence-electron chi connectivity index (χ1n) is 9.41. The first-order chi connectivity index (χ1) is 15.0. The maximum atomic E-state index is 13.5. The Bertz CT molecular complexity index is 1120. The molecule has 3 rings (SSSR count). The zero-order chi connectivity index (χ0) is 22.3. The lowest BCUT2D eigenvalue weighted by Gasteiger charge is -2.26. The van der Waals surface area contributed by atoms with Crippen molar-refractivity contribution >= 4 is 21.6 Å². The zero-order valence-corrected chi connectivity index (χ0v) is 18.0. The van der Waals surface area contributed by atoms with E-state index in [4.69, 9.17) is 9.47 Å². The van der Waals surface area contributed by atoms with Gasteiger partial charge >= 0.3 is 0 Å². The molecule has 0 aliphatic heterocycles. The normalized spacial score (nSPS) is 10.9. The summed E-state index contributed by atoms with van der Waals surface area (Å²) in [6.07, 6.45) is 3.24. The van der Waals surface area contributed by atoms with Gasteiger partial charge in [0.25, 0.3) is 10.0 Å². The third-order valence-corrected chi connectivity index (χ3v) is 6.29. The van der Waals surface area contributed by atoms with Crippen LogP contribution in [0.4, 0.5) is 5.69 Å². The summed E-state index contributed by atoms with van der Waals surface area (Å²) < 4.78 is 38.5. The molecule has 0 aliphatic rings. The molecule has 0 radical (unpaired) electrons. The van der Waals surface area contributed by atoms with Crippen LogP contribution >= 0.6 is 0 Å². The number of methoxy groups -OCH3 is 2. The van der Waals surface area contributed by atoms with E-state index in [0.29, 0.717) is 11.5 Å². The van der Waals surface area contributed by atoms with E-state index in [-0.39, 0.29) is 17.1 Å². The maximum Gasteiger partial charge on any atom is 0.264 e. The number of anilines is 1. The van der Waals surface area contributed by atoms with Crippen molar-refractivity contribution in [3.8, 4) is 11.5 Å². The van der Waals surface area contributed by atoms with Crippen LogP contribution in [0.15, 0.2) is 78.0 Å². The van der Waals surface area contributed by atoms with Crippen LogP contribution in [0.3, 0.4) is 0 Å². The van der Waals surface area contributed by atoms with Crippen LogP contribution < -0.4 is 19.1 Å². The van der Waals surface area contributed by atoms with Crippen LogP contribution in [-0.2, 0) is 21.4 Å². The van der Waals surface area contributed by atoms with Crippen LogP contribution in [0.2, 0.25) is 0 Å². The van der Waals surface area contributed by atoms with Crippen molar-refractivity contribution < 1.29 is 22.7 Å². The molecule has 0 unspecified atom stereocenters. The third kappa shape index (κ3) is 5.32. The van der Waals surface area contributed by atoms with E-state index in [1.165, 1.54) is 32.4 Å². The number of pyridine rings is 1. The summed E-state index contributed by atoms with van der Waals surface area (Å²) in [6, 6.07) is 16.2. The van der Waals surface area contributed by atoms with Crippen LogP contribution in [0.1, 0.15) is 5.56 Å². The van der Waals surface area contributed by atoms with E-state index in [9.17, 15) is 13.2 Å². The highest BCUT2D eigenvalue weighted by molar-refractivity contribution is 7.92. The van der Waals surface area contributed by atoms with Gasteiger partial charge in [0.1, 0.15) is 18.0 Å². The second-order valence-corrected chi connectivity index (χ2v) is 8.36. The standard InChI is InChI=1S/C22H23N3O5S/c1-29-18-8-9-21(30-2)20(14-18)25(31(27,28)19-6-4-3-5-7-19)16-22(26)24-15-17-10-12-23-13-11-17/h3-14H,15-16H2,1-2H3,(H,24,26). The molecule has 162 valence electrons. The molecule has 9 heteroatoms. The molecule has 0 saturated heterocycles. The van der Waals surface area contributed by atoms with E-state index < -0.39 is 22.5 Å². The average Bonchev–Trinajstić information content (AvgIpc) is 2.82. The largest absolute Gasteiger partial charge is 0.497 e. The molecule has 3 aromatic rings. The quantitative estimate of drug-likeness (QED) is 0.548. The molecule has 0 spiro atoms. The number of hydrogen-bond acceptors (Lipinski definition) is 6. The molecule has 0 fully saturated rings. The van der Waals surface area contributed by atoms with Gasteiger partial charge in [-0.2, -0.15) is 0 Å². The number of sulfonamides is 1. The Morgan fingerprint density at radius 3 is 2.35 bits per heavy atom. The molecule has 1 amide bonds. The predicted octanol–water partition coefficient (Wildman–Crippen LogP) is 2.61. The van der Waals surface area contributed by atoms with Crippen molar-refractivity contribution in [1.29, 1.82) is 0 Å².